The van der Waals surface area contributed by atoms with Gasteiger partial charge in [0, 0.05) is 6.42 Å². The van der Waals surface area contributed by atoms with E-state index < -0.39 is 6.04 Å². The fourth-order valence-electron chi connectivity index (χ4n) is 3.55. The van der Waals surface area contributed by atoms with Gasteiger partial charge in [0.05, 0.1) is 12.6 Å². The van der Waals surface area contributed by atoms with Crippen molar-refractivity contribution in [3.63, 3.8) is 0 Å². The molecule has 1 fully saturated rings. The number of carbonyl (C=O) groups excluding carboxylic acids is 2. The molecule has 1 saturated carbocycles. The minimum Gasteiger partial charge on any atom is -0.493 e. The number of ether oxygens (including phenoxy) is 1. The lowest BCUT2D eigenvalue weighted by atomic mass is 9.90. The maximum Gasteiger partial charge on any atom is 0.221 e. The summed E-state index contributed by atoms with van der Waals surface area (Å²) in [4.78, 5) is 24.1. The van der Waals surface area contributed by atoms with Crippen LogP contribution in [-0.4, -0.2) is 24.3 Å². The molecule has 0 radical (unpaired) electrons. The van der Waals surface area contributed by atoms with Crippen molar-refractivity contribution < 1.29 is 14.3 Å². The normalized spacial score (nSPS) is 16.6. The van der Waals surface area contributed by atoms with Gasteiger partial charge >= 0.3 is 0 Å². The highest BCUT2D eigenvalue weighted by Gasteiger charge is 2.21. The van der Waals surface area contributed by atoms with E-state index in [4.69, 9.17) is 4.74 Å². The molecule has 1 aliphatic carbocycles. The molecule has 0 unspecified atom stereocenters. The lowest BCUT2D eigenvalue weighted by Gasteiger charge is -2.22. The van der Waals surface area contributed by atoms with Gasteiger partial charge in [-0.3, -0.25) is 9.59 Å². The Morgan fingerprint density at radius 1 is 1.11 bits per heavy atom. The summed E-state index contributed by atoms with van der Waals surface area (Å²) in [6, 6.07) is 7.43. The standard InChI is InChI=1S/C23H35NO3/c1-17(25)21(24-22(26)15-23(2,3)4)14-18-10-12-20(13-11-18)27-16-19-8-6-5-7-9-19/h10-13,19,21H,5-9,14-16H2,1-4H3,(H,24,26)/t21-/m0/s1. The van der Waals surface area contributed by atoms with Gasteiger partial charge in [0.1, 0.15) is 5.75 Å². The van der Waals surface area contributed by atoms with Crippen molar-refractivity contribution in [3.05, 3.63) is 29.8 Å². The lowest BCUT2D eigenvalue weighted by Crippen LogP contribution is -2.42. The Morgan fingerprint density at radius 3 is 2.30 bits per heavy atom. The smallest absolute Gasteiger partial charge is 0.221 e. The van der Waals surface area contributed by atoms with E-state index in [1.807, 2.05) is 45.0 Å². The first-order chi connectivity index (χ1) is 12.7. The second-order valence-corrected chi connectivity index (χ2v) is 9.13. The summed E-state index contributed by atoms with van der Waals surface area (Å²) in [5, 5.41) is 2.88. The van der Waals surface area contributed by atoms with Crippen LogP contribution in [-0.2, 0) is 16.0 Å². The van der Waals surface area contributed by atoms with Crippen molar-refractivity contribution in [1.82, 2.24) is 5.32 Å². The number of carbonyl (C=O) groups is 2. The van der Waals surface area contributed by atoms with Crippen molar-refractivity contribution in [2.24, 2.45) is 11.3 Å². The monoisotopic (exact) mass is 373 g/mol. The molecule has 0 spiro atoms. The molecule has 1 N–H and O–H groups in total. The Kier molecular flexibility index (Phi) is 7.88. The number of Topliss-reactive ketones (excluding diaryl/α,β-unsaturated/α-hetero) is 1. The molecule has 1 atom stereocenters. The summed E-state index contributed by atoms with van der Waals surface area (Å²) >= 11 is 0. The van der Waals surface area contributed by atoms with Gasteiger partial charge in [-0.2, -0.15) is 0 Å². The molecule has 0 bridgehead atoms. The van der Waals surface area contributed by atoms with Crippen LogP contribution < -0.4 is 10.1 Å². The quantitative estimate of drug-likeness (QED) is 0.719. The van der Waals surface area contributed by atoms with Crippen LogP contribution in [0.1, 0.15) is 71.8 Å². The second kappa shape index (κ2) is 9.91. The fourth-order valence-corrected chi connectivity index (χ4v) is 3.55. The molecule has 27 heavy (non-hydrogen) atoms. The summed E-state index contributed by atoms with van der Waals surface area (Å²) in [5.41, 5.74) is 0.930. The fraction of sp³-hybridized carbons (Fsp3) is 0.652. The van der Waals surface area contributed by atoms with E-state index >= 15 is 0 Å². The first kappa shape index (κ1) is 21.5. The summed E-state index contributed by atoms with van der Waals surface area (Å²) in [6.07, 6.45) is 7.45. The first-order valence-corrected chi connectivity index (χ1v) is 10.2. The van der Waals surface area contributed by atoms with Crippen LogP contribution in [0.2, 0.25) is 0 Å². The van der Waals surface area contributed by atoms with E-state index in [1.54, 1.807) is 0 Å². The molecule has 1 aliphatic rings. The van der Waals surface area contributed by atoms with Crippen LogP contribution in [0.3, 0.4) is 0 Å². The van der Waals surface area contributed by atoms with E-state index in [-0.39, 0.29) is 17.1 Å². The van der Waals surface area contributed by atoms with Crippen LogP contribution in [0, 0.1) is 11.3 Å². The van der Waals surface area contributed by atoms with Gasteiger partial charge in [-0.25, -0.2) is 0 Å². The third-order valence-electron chi connectivity index (χ3n) is 5.09. The maximum atomic E-state index is 12.2. The van der Waals surface area contributed by atoms with E-state index in [0.29, 0.717) is 18.8 Å². The van der Waals surface area contributed by atoms with E-state index in [0.717, 1.165) is 17.9 Å². The summed E-state index contributed by atoms with van der Waals surface area (Å²) in [7, 11) is 0. The van der Waals surface area contributed by atoms with E-state index in [9.17, 15) is 9.59 Å². The highest BCUT2D eigenvalue weighted by molar-refractivity contribution is 5.87. The van der Waals surface area contributed by atoms with Gasteiger partial charge in [0.25, 0.3) is 0 Å². The number of nitrogens with one attached hydrogen (secondary N) is 1. The van der Waals surface area contributed by atoms with Gasteiger partial charge in [0.15, 0.2) is 5.78 Å². The Bertz CT molecular complexity index is 610. The third kappa shape index (κ3) is 8.15. The highest BCUT2D eigenvalue weighted by atomic mass is 16.5. The van der Waals surface area contributed by atoms with Crippen LogP contribution in [0.25, 0.3) is 0 Å². The molecule has 2 rings (SSSR count). The average Bonchev–Trinajstić information content (AvgIpc) is 2.60. The number of amides is 1. The molecule has 1 aromatic carbocycles. The van der Waals surface area contributed by atoms with Gasteiger partial charge in [-0.05, 0) is 55.2 Å². The molecule has 0 aliphatic heterocycles. The van der Waals surface area contributed by atoms with Crippen molar-refractivity contribution in [3.8, 4) is 5.75 Å². The minimum absolute atomic E-state index is 0.0186. The third-order valence-corrected chi connectivity index (χ3v) is 5.09. The molecule has 0 heterocycles. The Labute approximate surface area is 164 Å². The van der Waals surface area contributed by atoms with Crippen LogP contribution in [0.4, 0.5) is 0 Å². The largest absolute Gasteiger partial charge is 0.493 e. The molecule has 0 aromatic heterocycles. The molecule has 0 saturated heterocycles. The Balaban J connectivity index is 1.86. The number of benzene rings is 1. The van der Waals surface area contributed by atoms with Gasteiger partial charge in [-0.15, -0.1) is 0 Å². The number of hydrogen-bond donors (Lipinski definition) is 1. The zero-order chi connectivity index (χ0) is 19.9. The number of hydrogen-bond acceptors (Lipinski definition) is 3. The van der Waals surface area contributed by atoms with E-state index in [2.05, 4.69) is 5.32 Å². The Morgan fingerprint density at radius 2 is 1.74 bits per heavy atom. The van der Waals surface area contributed by atoms with E-state index in [1.165, 1.54) is 39.0 Å². The average molecular weight is 374 g/mol. The van der Waals surface area contributed by atoms with Crippen LogP contribution >= 0.6 is 0 Å². The SMILES string of the molecule is CC(=O)[C@H](Cc1ccc(OCC2CCCCC2)cc1)NC(=O)CC(C)(C)C. The van der Waals surface area contributed by atoms with Gasteiger partial charge < -0.3 is 10.1 Å². The highest BCUT2D eigenvalue weighted by Crippen LogP contribution is 2.25. The van der Waals surface area contributed by atoms with Crippen molar-refractivity contribution in [1.29, 1.82) is 0 Å². The van der Waals surface area contributed by atoms with Gasteiger partial charge in [-0.1, -0.05) is 52.2 Å². The van der Waals surface area contributed by atoms with Crippen molar-refractivity contribution in [2.75, 3.05) is 6.61 Å². The van der Waals surface area contributed by atoms with Crippen molar-refractivity contribution >= 4 is 11.7 Å². The molecular weight excluding hydrogens is 338 g/mol. The predicted octanol–water partition coefficient (Wildman–Crippen LogP) is 4.70. The van der Waals surface area contributed by atoms with Crippen molar-refractivity contribution in [2.45, 2.75) is 78.7 Å². The molecule has 4 heteroatoms. The van der Waals surface area contributed by atoms with Crippen LogP contribution in [0.5, 0.6) is 5.75 Å². The summed E-state index contributed by atoms with van der Waals surface area (Å²) in [6.45, 7) is 8.37. The number of ketones is 1. The van der Waals surface area contributed by atoms with Gasteiger partial charge in [0.2, 0.25) is 5.91 Å². The molecule has 1 amide bonds. The summed E-state index contributed by atoms with van der Waals surface area (Å²) in [5.74, 6) is 1.46. The number of rotatable bonds is 8. The molecule has 150 valence electrons. The molecule has 4 nitrogen and oxygen atoms in total. The molecule has 1 aromatic rings. The topological polar surface area (TPSA) is 55.4 Å². The molecular formula is C23H35NO3. The second-order valence-electron chi connectivity index (χ2n) is 9.13. The minimum atomic E-state index is -0.478. The maximum absolute atomic E-state index is 12.2. The Hall–Kier alpha value is -1.84. The zero-order valence-electron chi connectivity index (χ0n) is 17.3. The summed E-state index contributed by atoms with van der Waals surface area (Å²) < 4.78 is 5.94. The zero-order valence-corrected chi connectivity index (χ0v) is 17.3. The van der Waals surface area contributed by atoms with Crippen LogP contribution in [0.15, 0.2) is 24.3 Å². The first-order valence-electron chi connectivity index (χ1n) is 10.2. The lowest BCUT2D eigenvalue weighted by molar-refractivity contribution is -0.128. The predicted molar refractivity (Wildman–Crippen MR) is 109 cm³/mol.